The number of nitrogens with one attached hydrogen (secondary N) is 1. The number of hydrogen-bond acceptors (Lipinski definition) is 3. The molecule has 4 fully saturated rings. The lowest BCUT2D eigenvalue weighted by Crippen LogP contribution is -2.56. The second kappa shape index (κ2) is 6.45. The minimum absolute atomic E-state index is 0.0217. The van der Waals surface area contributed by atoms with E-state index in [-0.39, 0.29) is 17.4 Å². The molecular weight excluding hydrogens is 350 g/mol. The first-order chi connectivity index (χ1) is 13.4. The van der Waals surface area contributed by atoms with E-state index in [9.17, 15) is 9.90 Å². The molecule has 4 saturated carbocycles. The van der Waals surface area contributed by atoms with Crippen LogP contribution in [0.25, 0.3) is 5.69 Å². The van der Waals surface area contributed by atoms with Gasteiger partial charge >= 0.3 is 0 Å². The van der Waals surface area contributed by atoms with E-state index in [1.54, 1.807) is 12.5 Å². The van der Waals surface area contributed by atoms with Gasteiger partial charge in [0, 0.05) is 24.5 Å². The number of aromatic nitrogens is 2. The van der Waals surface area contributed by atoms with Gasteiger partial charge in [-0.25, -0.2) is 4.98 Å². The summed E-state index contributed by atoms with van der Waals surface area (Å²) in [6, 6.07) is 8.20. The molecule has 3 unspecified atom stereocenters. The zero-order valence-electron chi connectivity index (χ0n) is 16.5. The van der Waals surface area contributed by atoms with Crippen LogP contribution in [0.15, 0.2) is 43.0 Å². The summed E-state index contributed by atoms with van der Waals surface area (Å²) in [5, 5.41) is 14.1. The molecule has 3 atom stereocenters. The Morgan fingerprint density at radius 1 is 1.25 bits per heavy atom. The molecule has 1 heterocycles. The van der Waals surface area contributed by atoms with Crippen LogP contribution in [0.3, 0.4) is 0 Å². The molecule has 0 aliphatic heterocycles. The monoisotopic (exact) mass is 379 g/mol. The number of carbonyl (C=O) groups excluding carboxylic acids is 1. The van der Waals surface area contributed by atoms with Gasteiger partial charge in [0.05, 0.1) is 18.0 Å². The summed E-state index contributed by atoms with van der Waals surface area (Å²) in [5.74, 6) is 1.36. The number of carbonyl (C=O) groups is 1. The molecule has 1 aromatic heterocycles. The van der Waals surface area contributed by atoms with Gasteiger partial charge in [-0.05, 0) is 80.4 Å². The number of benzene rings is 1. The highest BCUT2D eigenvalue weighted by Gasteiger charge is 2.57. The lowest BCUT2D eigenvalue weighted by atomic mass is 9.47. The second-order valence-corrected chi connectivity index (χ2v) is 9.71. The van der Waals surface area contributed by atoms with Crippen molar-refractivity contribution in [3.8, 4) is 5.69 Å². The summed E-state index contributed by atoms with van der Waals surface area (Å²) >= 11 is 0. The Balaban J connectivity index is 1.23. The Labute approximate surface area is 166 Å². The Morgan fingerprint density at radius 2 is 1.96 bits per heavy atom. The summed E-state index contributed by atoms with van der Waals surface area (Å²) < 4.78 is 1.96. The third kappa shape index (κ3) is 3.26. The minimum Gasteiger partial charge on any atom is -0.390 e. The molecule has 4 aliphatic rings. The van der Waals surface area contributed by atoms with Gasteiger partial charge in [0.1, 0.15) is 0 Å². The fourth-order valence-electron chi connectivity index (χ4n) is 6.67. The van der Waals surface area contributed by atoms with Crippen molar-refractivity contribution >= 4 is 5.91 Å². The summed E-state index contributed by atoms with van der Waals surface area (Å²) in [5.41, 5.74) is 1.68. The van der Waals surface area contributed by atoms with Crippen LogP contribution in [-0.2, 0) is 4.79 Å². The van der Waals surface area contributed by atoms with E-state index < -0.39 is 5.60 Å². The molecule has 5 heteroatoms. The summed E-state index contributed by atoms with van der Waals surface area (Å²) in [6.45, 7) is 2.04. The molecule has 0 saturated heterocycles. The van der Waals surface area contributed by atoms with Crippen molar-refractivity contribution < 1.29 is 9.90 Å². The lowest BCUT2D eigenvalue weighted by Gasteiger charge is -2.60. The van der Waals surface area contributed by atoms with Crippen molar-refractivity contribution in [3.63, 3.8) is 0 Å². The van der Waals surface area contributed by atoms with Crippen LogP contribution < -0.4 is 5.32 Å². The molecule has 2 aromatic rings. The van der Waals surface area contributed by atoms with Gasteiger partial charge < -0.3 is 15.0 Å². The molecule has 28 heavy (non-hydrogen) atoms. The number of imidazole rings is 1. The van der Waals surface area contributed by atoms with Crippen LogP contribution in [0.1, 0.15) is 63.5 Å². The Bertz CT molecular complexity index is 844. The number of hydrogen-bond donors (Lipinski definition) is 2. The van der Waals surface area contributed by atoms with Crippen LogP contribution in [0.2, 0.25) is 0 Å². The largest absolute Gasteiger partial charge is 0.390 e. The third-order valence-corrected chi connectivity index (χ3v) is 7.26. The average molecular weight is 380 g/mol. The second-order valence-electron chi connectivity index (χ2n) is 9.71. The number of amides is 1. The van der Waals surface area contributed by atoms with Gasteiger partial charge in [0.15, 0.2) is 0 Å². The fourth-order valence-corrected chi connectivity index (χ4v) is 6.67. The van der Waals surface area contributed by atoms with Crippen LogP contribution >= 0.6 is 0 Å². The maximum absolute atomic E-state index is 12.9. The maximum atomic E-state index is 12.9. The predicted octanol–water partition coefficient (Wildman–Crippen LogP) is 3.77. The van der Waals surface area contributed by atoms with Crippen molar-refractivity contribution in [1.82, 2.24) is 14.9 Å². The Kier molecular flexibility index (Phi) is 4.13. The molecule has 5 nitrogen and oxygen atoms in total. The highest BCUT2D eigenvalue weighted by molar-refractivity contribution is 5.77. The van der Waals surface area contributed by atoms with E-state index in [0.29, 0.717) is 18.3 Å². The van der Waals surface area contributed by atoms with Gasteiger partial charge in [-0.2, -0.15) is 0 Å². The van der Waals surface area contributed by atoms with Gasteiger partial charge in [-0.3, -0.25) is 4.79 Å². The summed E-state index contributed by atoms with van der Waals surface area (Å²) in [4.78, 5) is 16.9. The number of nitrogens with zero attached hydrogens (tertiary/aromatic N) is 2. The lowest BCUT2D eigenvalue weighted by molar-refractivity contribution is -0.169. The number of aliphatic hydroxyl groups is 1. The van der Waals surface area contributed by atoms with Gasteiger partial charge in [-0.15, -0.1) is 0 Å². The molecule has 2 N–H and O–H groups in total. The highest BCUT2D eigenvalue weighted by atomic mass is 16.3. The van der Waals surface area contributed by atoms with Crippen molar-refractivity contribution in [3.05, 3.63) is 48.5 Å². The van der Waals surface area contributed by atoms with Gasteiger partial charge in [0.2, 0.25) is 5.91 Å². The quantitative estimate of drug-likeness (QED) is 0.831. The molecule has 0 radical (unpaired) electrons. The Hall–Kier alpha value is -2.14. The third-order valence-electron chi connectivity index (χ3n) is 7.26. The average Bonchev–Trinajstić information content (AvgIpc) is 3.13. The SMILES string of the molecule is CC(NC(=O)CC12CC3CC(CC(O)(C3)C1)C2)c1ccc(-n2ccnc2)cc1. The minimum atomic E-state index is -0.501. The first-order valence-electron chi connectivity index (χ1n) is 10.5. The van der Waals surface area contributed by atoms with Crippen LogP contribution in [0, 0.1) is 17.3 Å². The van der Waals surface area contributed by atoms with Gasteiger partial charge in [-0.1, -0.05) is 12.1 Å². The van der Waals surface area contributed by atoms with Crippen molar-refractivity contribution in [2.75, 3.05) is 0 Å². The van der Waals surface area contributed by atoms with E-state index in [0.717, 1.165) is 43.4 Å². The first-order valence-corrected chi connectivity index (χ1v) is 10.5. The highest BCUT2D eigenvalue weighted by Crippen LogP contribution is 2.62. The van der Waals surface area contributed by atoms with Crippen LogP contribution in [-0.4, -0.2) is 26.2 Å². The molecule has 1 amide bonds. The van der Waals surface area contributed by atoms with E-state index in [1.165, 1.54) is 6.42 Å². The zero-order chi connectivity index (χ0) is 19.4. The maximum Gasteiger partial charge on any atom is 0.221 e. The van der Waals surface area contributed by atoms with Crippen molar-refractivity contribution in [2.24, 2.45) is 17.3 Å². The van der Waals surface area contributed by atoms with Gasteiger partial charge in [0.25, 0.3) is 0 Å². The molecule has 0 spiro atoms. The summed E-state index contributed by atoms with van der Waals surface area (Å²) in [7, 11) is 0. The molecular formula is C23H29N3O2. The summed E-state index contributed by atoms with van der Waals surface area (Å²) in [6.07, 6.45) is 12.2. The van der Waals surface area contributed by atoms with Crippen LogP contribution in [0.5, 0.6) is 0 Å². The molecule has 4 bridgehead atoms. The molecule has 148 valence electrons. The van der Waals surface area contributed by atoms with E-state index in [2.05, 4.69) is 22.4 Å². The predicted molar refractivity (Wildman–Crippen MR) is 107 cm³/mol. The molecule has 4 aliphatic carbocycles. The zero-order valence-corrected chi connectivity index (χ0v) is 16.5. The van der Waals surface area contributed by atoms with E-state index in [1.807, 2.05) is 29.8 Å². The smallest absolute Gasteiger partial charge is 0.221 e. The fraction of sp³-hybridized carbons (Fsp3) is 0.565. The molecule has 6 rings (SSSR count). The van der Waals surface area contributed by atoms with Crippen molar-refractivity contribution in [1.29, 1.82) is 0 Å². The standard InChI is InChI=1S/C23H29N3O2/c1-16(19-2-4-20(5-3-19)26-7-6-24-15-26)25-21(27)13-22-9-17-8-18(10-22)12-23(28,11-17)14-22/h2-7,15-18,28H,8-14H2,1H3,(H,25,27). The van der Waals surface area contributed by atoms with Crippen molar-refractivity contribution in [2.45, 2.75) is 63.5 Å². The number of rotatable bonds is 5. The van der Waals surface area contributed by atoms with Crippen LogP contribution in [0.4, 0.5) is 0 Å². The van der Waals surface area contributed by atoms with E-state index in [4.69, 9.17) is 0 Å². The topological polar surface area (TPSA) is 67.2 Å². The van der Waals surface area contributed by atoms with E-state index >= 15 is 0 Å². The normalized spacial score (nSPS) is 34.4. The Morgan fingerprint density at radius 3 is 2.57 bits per heavy atom. The first kappa shape index (κ1) is 17.9. The molecule has 1 aromatic carbocycles.